The number of anilines is 1. The van der Waals surface area contributed by atoms with E-state index < -0.39 is 84.1 Å². The van der Waals surface area contributed by atoms with Crippen molar-refractivity contribution in [3.8, 4) is 16.2 Å². The number of aliphatic hydroxyl groups excluding tert-OH is 1. The number of carbonyl (C=O) groups is 8. The molecule has 0 saturated carbocycles. The number of carbonyl (C=O) groups excluding carboxylic acids is 8. The second-order valence-corrected chi connectivity index (χ2v) is 26.1. The van der Waals surface area contributed by atoms with Crippen LogP contribution in [0.25, 0.3) is 21.3 Å². The van der Waals surface area contributed by atoms with Crippen LogP contribution in [0.1, 0.15) is 127 Å². The molecule has 86 heavy (non-hydrogen) atoms. The van der Waals surface area contributed by atoms with Crippen molar-refractivity contribution in [1.29, 1.82) is 0 Å². The maximum atomic E-state index is 14.6. The lowest BCUT2D eigenvalue weighted by Crippen LogP contribution is -2.57. The Morgan fingerprint density at radius 2 is 1.64 bits per heavy atom. The van der Waals surface area contributed by atoms with Gasteiger partial charge < -0.3 is 51.2 Å². The van der Waals surface area contributed by atoms with Crippen molar-refractivity contribution in [3.63, 3.8) is 0 Å². The second kappa shape index (κ2) is 26.8. The number of nitrogens with zero attached hydrogens (tertiary/aromatic N) is 3. The molecule has 6 aromatic rings. The lowest BCUT2D eigenvalue weighted by molar-refractivity contribution is -0.144. The average molecular weight is 1210 g/mol. The molecule has 9 N–H and O–H groups in total. The summed E-state index contributed by atoms with van der Waals surface area (Å²) in [6.45, 7) is 7.67. The van der Waals surface area contributed by atoms with Gasteiger partial charge in [0.2, 0.25) is 35.4 Å². The number of unbranched alkanes of at least 4 members (excludes halogenated alkanes) is 2. The number of amides is 6. The number of ketones is 1. The molecule has 23 heteroatoms. The summed E-state index contributed by atoms with van der Waals surface area (Å²) in [6, 6.07) is 22.9. The minimum atomic E-state index is -5.04. The molecule has 0 spiro atoms. The van der Waals surface area contributed by atoms with E-state index in [9.17, 15) is 57.8 Å². The number of primary amides is 1. The van der Waals surface area contributed by atoms with Crippen molar-refractivity contribution in [1.82, 2.24) is 30.8 Å². The van der Waals surface area contributed by atoms with Gasteiger partial charge >= 0.3 is 7.60 Å². The molecular formula is C63H73N8O13PS. The minimum Gasteiger partial charge on any atom is -0.491 e. The van der Waals surface area contributed by atoms with Gasteiger partial charge in [-0.25, -0.2) is 4.98 Å². The predicted octanol–water partition coefficient (Wildman–Crippen LogP) is 6.75. The van der Waals surface area contributed by atoms with E-state index in [0.29, 0.717) is 54.4 Å². The first-order valence-corrected chi connectivity index (χ1v) is 31.5. The normalized spacial score (nSPS) is 18.2. The number of aryl methyl sites for hydroxylation is 3. The topological polar surface area (TPSA) is 321 Å². The molecule has 6 amide bonds. The van der Waals surface area contributed by atoms with Crippen molar-refractivity contribution in [3.05, 3.63) is 136 Å². The van der Waals surface area contributed by atoms with Crippen LogP contribution in [0.2, 0.25) is 0 Å². The largest absolute Gasteiger partial charge is 0.491 e. The summed E-state index contributed by atoms with van der Waals surface area (Å²) in [5.41, 5.74) is 11.8. The Hall–Kier alpha value is -7.88. The molecule has 1 saturated heterocycles. The third kappa shape index (κ3) is 15.0. The molecule has 0 radical (unpaired) electrons. The van der Waals surface area contributed by atoms with Crippen LogP contribution in [0.4, 0.5) is 5.69 Å². The lowest BCUT2D eigenvalue weighted by atomic mass is 9.85. The number of likely N-dealkylation sites (tertiary alicyclic amines) is 1. The predicted molar refractivity (Wildman–Crippen MR) is 323 cm³/mol. The van der Waals surface area contributed by atoms with Gasteiger partial charge in [-0.3, -0.25) is 47.8 Å². The molecule has 3 aliphatic rings. The third-order valence-electron chi connectivity index (χ3n) is 16.2. The van der Waals surface area contributed by atoms with Crippen LogP contribution in [0.5, 0.6) is 5.75 Å². The van der Waals surface area contributed by atoms with Crippen molar-refractivity contribution >= 4 is 82.3 Å². The number of β-amino-alcohol motifs (C(OH)–C–C–N with tert-alkyl or cyclic N) is 1. The van der Waals surface area contributed by atoms with Crippen LogP contribution >= 0.6 is 18.9 Å². The first-order valence-electron chi connectivity index (χ1n) is 29.0. The number of ether oxygens (including phenoxy) is 1. The molecule has 0 unspecified atom stereocenters. The molecule has 454 valence electrons. The summed E-state index contributed by atoms with van der Waals surface area (Å²) in [5, 5.41) is 20.0. The first-order chi connectivity index (χ1) is 40.9. The quantitative estimate of drug-likeness (QED) is 0.0167. The smallest absolute Gasteiger partial charge is 0.396 e. The summed E-state index contributed by atoms with van der Waals surface area (Å²) in [5.74, 6) is -3.24. The van der Waals surface area contributed by atoms with Gasteiger partial charge in [-0.2, -0.15) is 0 Å². The highest BCUT2D eigenvalue weighted by molar-refractivity contribution is 7.70. The number of rotatable bonds is 25. The Morgan fingerprint density at radius 3 is 2.36 bits per heavy atom. The Morgan fingerprint density at radius 1 is 0.884 bits per heavy atom. The van der Waals surface area contributed by atoms with E-state index in [1.807, 2.05) is 88.4 Å². The summed E-state index contributed by atoms with van der Waals surface area (Å²) in [4.78, 5) is 138. The number of aromatic nitrogens is 2. The molecule has 21 nitrogen and oxygen atoms in total. The summed E-state index contributed by atoms with van der Waals surface area (Å²) in [7, 11) is -5.04. The Kier molecular flexibility index (Phi) is 19.5. The number of thiazole rings is 1. The molecule has 9 rings (SSSR count). The van der Waals surface area contributed by atoms with E-state index in [-0.39, 0.29) is 81.3 Å². The van der Waals surface area contributed by atoms with Gasteiger partial charge in [0.15, 0.2) is 5.78 Å². The molecule has 0 bridgehead atoms. The SMILES string of the molecule is Cc1ncsc1-c1ccc(CNC(=O)[C@@H]2C[C@@H](O)CN2C(=O)[C@@H](NC(=O)CCCCCc2cccc(OC[C@H](CCC(N)=O)NC(=O)[C@@H]3Cc4cccc5c4N3C(=O)[C@@H](CC(=O)c3cc4cc(C(=O)P(=O)(O)O)ccc4[nH]3)CC5)c2)C(C)(C)C)cc1. The highest BCUT2D eigenvalue weighted by atomic mass is 32.1. The van der Waals surface area contributed by atoms with Crippen molar-refractivity contribution in [2.45, 2.75) is 142 Å². The zero-order chi connectivity index (χ0) is 61.6. The van der Waals surface area contributed by atoms with Crippen molar-refractivity contribution < 1.29 is 62.6 Å². The summed E-state index contributed by atoms with van der Waals surface area (Å²) in [6.07, 6.45) is 2.90. The molecule has 5 heterocycles. The molecule has 2 aromatic heterocycles. The number of benzene rings is 4. The summed E-state index contributed by atoms with van der Waals surface area (Å²) >= 11 is 1.56. The number of para-hydroxylation sites is 1. The van der Waals surface area contributed by atoms with E-state index in [2.05, 4.69) is 25.9 Å². The number of aromatic amines is 1. The van der Waals surface area contributed by atoms with Crippen molar-refractivity contribution in [2.75, 3.05) is 18.1 Å². The second-order valence-electron chi connectivity index (χ2n) is 23.7. The molecule has 4 aromatic carbocycles. The monoisotopic (exact) mass is 1210 g/mol. The van der Waals surface area contributed by atoms with Gasteiger partial charge in [0, 0.05) is 67.6 Å². The van der Waals surface area contributed by atoms with Gasteiger partial charge in [-0.05, 0) is 115 Å². The van der Waals surface area contributed by atoms with E-state index in [0.717, 1.165) is 44.8 Å². The maximum absolute atomic E-state index is 14.6. The van der Waals surface area contributed by atoms with Gasteiger partial charge in [-0.15, -0.1) is 11.3 Å². The number of nitrogens with two attached hydrogens (primary N) is 1. The number of Topliss-reactive ketones (excluding diaryl/α,β-unsaturated/α-hetero) is 1. The molecule has 3 aliphatic heterocycles. The molecule has 1 fully saturated rings. The van der Waals surface area contributed by atoms with E-state index in [1.54, 1.807) is 22.9 Å². The van der Waals surface area contributed by atoms with Gasteiger partial charge in [0.1, 0.15) is 30.5 Å². The minimum absolute atomic E-state index is 0.0264. The highest BCUT2D eigenvalue weighted by Crippen LogP contribution is 2.42. The Bertz CT molecular complexity index is 3610. The standard InChI is InChI=1S/C63H73N8O13PS/c1-36-56(86-35-66-36)40-18-16-38(17-19-40)32-65-58(76)50-31-46(72)33-70(50)61(79)57(63(2,3)4)69-54(75)15-7-5-6-10-37-11-8-14-47(26-37)84-34-45(23-25-53(64)74)67-59(77)51-29-41-13-9-12-39-20-21-42(60(78)71(51)55(39)41)30-52(73)49-28-44-27-43(22-24-48(44)68-49)62(80)85(81,82)83/h8-9,11-14,16-19,22,24,26-28,35,42,45-46,50-51,57,68,72H,5-7,10,15,20-21,23,25,29-34H2,1-4H3,(H2,64,74)(H,65,76)(H,67,77)(H,69,75)(H2,81,82,83)/t42-,45+,46-,50+,51+,57-/m1/s1. The van der Waals surface area contributed by atoms with Crippen LogP contribution in [-0.2, 0) is 59.1 Å². The Balaban J connectivity index is 0.755. The molecule has 6 atom stereocenters. The first kappa shape index (κ1) is 62.6. The maximum Gasteiger partial charge on any atom is 0.396 e. The Labute approximate surface area is 502 Å². The number of nitrogens with one attached hydrogen (secondary N) is 4. The number of aliphatic hydroxyl groups is 1. The van der Waals surface area contributed by atoms with Crippen LogP contribution in [0, 0.1) is 18.3 Å². The van der Waals surface area contributed by atoms with E-state index in [4.69, 9.17) is 10.5 Å². The van der Waals surface area contributed by atoms with Crippen LogP contribution in [0.3, 0.4) is 0 Å². The number of fused-ring (bicyclic) bond motifs is 1. The fraction of sp³-hybridized carbons (Fsp3) is 0.413. The van der Waals surface area contributed by atoms with Crippen LogP contribution < -0.4 is 31.3 Å². The summed E-state index contributed by atoms with van der Waals surface area (Å²) < 4.78 is 17.9. The van der Waals surface area contributed by atoms with Gasteiger partial charge in [0.25, 0.3) is 5.52 Å². The number of hydrogen-bond acceptors (Lipinski definition) is 13. The van der Waals surface area contributed by atoms with Crippen molar-refractivity contribution in [2.24, 2.45) is 17.1 Å². The molecule has 0 aliphatic carbocycles. The average Bonchev–Trinajstić information content (AvgIpc) is 1.69. The number of hydrogen-bond donors (Lipinski definition) is 8. The van der Waals surface area contributed by atoms with E-state index in [1.165, 1.54) is 34.1 Å². The highest BCUT2D eigenvalue weighted by Gasteiger charge is 2.46. The van der Waals surface area contributed by atoms with Crippen LogP contribution in [-0.4, -0.2) is 120 Å². The zero-order valence-corrected chi connectivity index (χ0v) is 50.2. The van der Waals surface area contributed by atoms with Gasteiger partial charge in [-0.1, -0.05) is 81.8 Å². The zero-order valence-electron chi connectivity index (χ0n) is 48.5. The fourth-order valence-corrected chi connectivity index (χ4v) is 12.9. The van der Waals surface area contributed by atoms with E-state index >= 15 is 0 Å². The fourth-order valence-electron chi connectivity index (χ4n) is 11.6. The third-order valence-corrected chi connectivity index (χ3v) is 18.0. The van der Waals surface area contributed by atoms with Gasteiger partial charge in [0.05, 0.1) is 39.6 Å². The van der Waals surface area contributed by atoms with Crippen LogP contribution in [0.15, 0.2) is 96.5 Å². The molecular weight excluding hydrogens is 1140 g/mol. The lowest BCUT2D eigenvalue weighted by Gasteiger charge is -2.35. The number of H-pyrrole nitrogens is 1.